The van der Waals surface area contributed by atoms with Crippen LogP contribution in [0.15, 0.2) is 42.1 Å². The number of anilines is 1. The number of hydrazine groups is 1. The van der Waals surface area contributed by atoms with Gasteiger partial charge in [-0.2, -0.15) is 0 Å². The number of nitrogens with one attached hydrogen (secondary N) is 3. The Bertz CT molecular complexity index is 522. The highest BCUT2D eigenvalue weighted by Gasteiger charge is 2.28. The van der Waals surface area contributed by atoms with Gasteiger partial charge in [0, 0.05) is 11.4 Å². The zero-order valence-electron chi connectivity index (χ0n) is 13.8. The first-order chi connectivity index (χ1) is 10.5. The molecule has 0 spiro atoms. The molecule has 22 heavy (non-hydrogen) atoms. The molecule has 3 N–H and O–H groups in total. The molecule has 1 unspecified atom stereocenters. The lowest BCUT2D eigenvalue weighted by atomic mass is 9.71. The normalized spacial score (nSPS) is 18.3. The number of hydrogen-bond acceptors (Lipinski definition) is 2. The van der Waals surface area contributed by atoms with Crippen LogP contribution in [0, 0.1) is 11.3 Å². The fraction of sp³-hybridized carbons (Fsp3) is 0.500. The molecule has 1 atom stereocenters. The van der Waals surface area contributed by atoms with Gasteiger partial charge in [0.15, 0.2) is 5.11 Å². The van der Waals surface area contributed by atoms with Crippen molar-refractivity contribution in [2.75, 3.05) is 5.32 Å². The molecule has 1 aliphatic carbocycles. The van der Waals surface area contributed by atoms with Crippen molar-refractivity contribution in [1.82, 2.24) is 10.9 Å². The van der Waals surface area contributed by atoms with Gasteiger partial charge < -0.3 is 10.7 Å². The Morgan fingerprint density at radius 1 is 1.27 bits per heavy atom. The van der Waals surface area contributed by atoms with Crippen LogP contribution in [0.2, 0.25) is 0 Å². The first kappa shape index (κ1) is 16.8. The van der Waals surface area contributed by atoms with Crippen LogP contribution < -0.4 is 16.2 Å². The van der Waals surface area contributed by atoms with Gasteiger partial charge in [-0.25, -0.2) is 0 Å². The summed E-state index contributed by atoms with van der Waals surface area (Å²) in [7, 11) is 0. The number of allylic oxidation sites excluding steroid dienone is 2. The molecule has 0 aliphatic heterocycles. The minimum Gasteiger partial charge on any atom is -0.331 e. The SMILES string of the molecule is CCC(C)(C)C1CC=C(NNC(=S)Nc2ccccc2)CC1. The van der Waals surface area contributed by atoms with Crippen molar-refractivity contribution < 1.29 is 0 Å². The molecule has 0 fully saturated rings. The molecule has 0 saturated heterocycles. The lowest BCUT2D eigenvalue weighted by Crippen LogP contribution is -2.40. The first-order valence-corrected chi connectivity index (χ1v) is 8.49. The van der Waals surface area contributed by atoms with Crippen molar-refractivity contribution >= 4 is 23.0 Å². The van der Waals surface area contributed by atoms with E-state index in [4.69, 9.17) is 12.2 Å². The van der Waals surface area contributed by atoms with Gasteiger partial charge in [0.25, 0.3) is 0 Å². The second-order valence-corrected chi connectivity index (χ2v) is 7.02. The quantitative estimate of drug-likeness (QED) is 0.548. The van der Waals surface area contributed by atoms with Gasteiger partial charge >= 0.3 is 0 Å². The minimum absolute atomic E-state index is 0.430. The van der Waals surface area contributed by atoms with Crippen LogP contribution >= 0.6 is 12.2 Å². The second-order valence-electron chi connectivity index (χ2n) is 6.61. The van der Waals surface area contributed by atoms with E-state index in [1.165, 1.54) is 18.5 Å². The fourth-order valence-electron chi connectivity index (χ4n) is 2.77. The molecular formula is C18H27N3S. The van der Waals surface area contributed by atoms with E-state index < -0.39 is 0 Å². The van der Waals surface area contributed by atoms with E-state index in [1.807, 2.05) is 30.3 Å². The smallest absolute Gasteiger partial charge is 0.189 e. The number of thiocarbonyl (C=S) groups is 1. The van der Waals surface area contributed by atoms with E-state index in [9.17, 15) is 0 Å². The highest BCUT2D eigenvalue weighted by molar-refractivity contribution is 7.80. The van der Waals surface area contributed by atoms with Gasteiger partial charge in [0.2, 0.25) is 0 Å². The minimum atomic E-state index is 0.430. The molecule has 120 valence electrons. The maximum Gasteiger partial charge on any atom is 0.189 e. The maximum absolute atomic E-state index is 5.29. The summed E-state index contributed by atoms with van der Waals surface area (Å²) in [5, 5.41) is 3.74. The molecular weight excluding hydrogens is 290 g/mol. The number of para-hydroxylation sites is 1. The zero-order chi connectivity index (χ0) is 16.0. The highest BCUT2D eigenvalue weighted by atomic mass is 32.1. The second kappa shape index (κ2) is 7.63. The van der Waals surface area contributed by atoms with E-state index in [0.717, 1.165) is 24.4 Å². The molecule has 2 rings (SSSR count). The standard InChI is InChI=1S/C18H27N3S/c1-4-18(2,3)14-10-12-16(13-11-14)20-21-17(22)19-15-8-6-5-7-9-15/h5-9,12,14,20H,4,10-11,13H2,1-3H3,(H2,19,21,22). The summed E-state index contributed by atoms with van der Waals surface area (Å²) in [5.74, 6) is 0.775. The van der Waals surface area contributed by atoms with Crippen LogP contribution in [0.25, 0.3) is 0 Å². The lowest BCUT2D eigenvalue weighted by molar-refractivity contribution is 0.185. The summed E-state index contributed by atoms with van der Waals surface area (Å²) in [4.78, 5) is 0. The van der Waals surface area contributed by atoms with E-state index in [1.54, 1.807) is 0 Å². The predicted octanol–water partition coefficient (Wildman–Crippen LogP) is 4.60. The van der Waals surface area contributed by atoms with Gasteiger partial charge in [-0.05, 0) is 54.9 Å². The van der Waals surface area contributed by atoms with Crippen LogP contribution in [-0.2, 0) is 0 Å². The van der Waals surface area contributed by atoms with E-state index in [0.29, 0.717) is 10.5 Å². The summed E-state index contributed by atoms with van der Waals surface area (Å²) in [5.41, 5.74) is 8.97. The average molecular weight is 318 g/mol. The number of benzene rings is 1. The molecule has 0 amide bonds. The Morgan fingerprint density at radius 2 is 2.00 bits per heavy atom. The Kier molecular flexibility index (Phi) is 5.83. The van der Waals surface area contributed by atoms with E-state index in [2.05, 4.69) is 43.0 Å². The van der Waals surface area contributed by atoms with Gasteiger partial charge in [-0.3, -0.25) is 5.43 Å². The van der Waals surface area contributed by atoms with Gasteiger partial charge in [0.1, 0.15) is 0 Å². The van der Waals surface area contributed by atoms with Crippen molar-refractivity contribution in [1.29, 1.82) is 0 Å². The number of hydrogen-bond donors (Lipinski definition) is 3. The lowest BCUT2D eigenvalue weighted by Gasteiger charge is -2.35. The predicted molar refractivity (Wildman–Crippen MR) is 98.4 cm³/mol. The molecule has 0 radical (unpaired) electrons. The maximum atomic E-state index is 5.29. The summed E-state index contributed by atoms with van der Waals surface area (Å²) in [6.45, 7) is 7.04. The zero-order valence-corrected chi connectivity index (χ0v) is 14.6. The third-order valence-electron chi connectivity index (χ3n) is 4.80. The van der Waals surface area contributed by atoms with Crippen LogP contribution in [0.4, 0.5) is 5.69 Å². The third kappa shape index (κ3) is 4.73. The van der Waals surface area contributed by atoms with Crippen LogP contribution in [0.3, 0.4) is 0 Å². The molecule has 1 aromatic rings. The Hall–Kier alpha value is -1.55. The molecule has 1 aliphatic rings. The van der Waals surface area contributed by atoms with Crippen molar-refractivity contribution in [2.24, 2.45) is 11.3 Å². The summed E-state index contributed by atoms with van der Waals surface area (Å²) in [6, 6.07) is 9.94. The molecule has 0 aromatic heterocycles. The van der Waals surface area contributed by atoms with Crippen LogP contribution in [0.5, 0.6) is 0 Å². The van der Waals surface area contributed by atoms with Crippen LogP contribution in [0.1, 0.15) is 46.5 Å². The summed E-state index contributed by atoms with van der Waals surface area (Å²) in [6.07, 6.45) is 7.00. The van der Waals surface area contributed by atoms with Gasteiger partial charge in [-0.15, -0.1) is 0 Å². The first-order valence-electron chi connectivity index (χ1n) is 8.08. The fourth-order valence-corrected chi connectivity index (χ4v) is 2.94. The van der Waals surface area contributed by atoms with Gasteiger partial charge in [0.05, 0.1) is 0 Å². The van der Waals surface area contributed by atoms with Crippen molar-refractivity contribution in [2.45, 2.75) is 46.5 Å². The number of rotatable bonds is 5. The van der Waals surface area contributed by atoms with Gasteiger partial charge in [-0.1, -0.05) is 51.5 Å². The molecule has 1 aromatic carbocycles. The molecule has 3 nitrogen and oxygen atoms in total. The van der Waals surface area contributed by atoms with Crippen LogP contribution in [-0.4, -0.2) is 5.11 Å². The molecule has 0 bridgehead atoms. The molecule has 0 saturated carbocycles. The monoisotopic (exact) mass is 317 g/mol. The van der Waals surface area contributed by atoms with Crippen molar-refractivity contribution in [3.8, 4) is 0 Å². The Labute approximate surface area is 139 Å². The summed E-state index contributed by atoms with van der Waals surface area (Å²) < 4.78 is 0. The third-order valence-corrected chi connectivity index (χ3v) is 5.00. The topological polar surface area (TPSA) is 36.1 Å². The van der Waals surface area contributed by atoms with Crippen molar-refractivity contribution in [3.63, 3.8) is 0 Å². The van der Waals surface area contributed by atoms with E-state index in [-0.39, 0.29) is 0 Å². The average Bonchev–Trinajstić information content (AvgIpc) is 2.54. The highest BCUT2D eigenvalue weighted by Crippen LogP contribution is 2.39. The van der Waals surface area contributed by atoms with E-state index >= 15 is 0 Å². The summed E-state index contributed by atoms with van der Waals surface area (Å²) >= 11 is 5.29. The van der Waals surface area contributed by atoms with Crippen molar-refractivity contribution in [3.05, 3.63) is 42.1 Å². The largest absolute Gasteiger partial charge is 0.331 e. The Balaban J connectivity index is 1.77. The Morgan fingerprint density at radius 3 is 2.59 bits per heavy atom. The molecule has 0 heterocycles. The molecule has 4 heteroatoms.